The Kier molecular flexibility index (Phi) is 5.68. The summed E-state index contributed by atoms with van der Waals surface area (Å²) in [7, 11) is 0. The maximum Gasteiger partial charge on any atom is 0.155 e. The third-order valence-electron chi connectivity index (χ3n) is 2.60. The maximum absolute atomic E-state index is 9.47. The summed E-state index contributed by atoms with van der Waals surface area (Å²) >= 11 is 0. The largest absolute Gasteiger partial charge is 0.378 e. The zero-order valence-electron chi connectivity index (χ0n) is 10.6. The lowest BCUT2D eigenvalue weighted by Gasteiger charge is -2.27. The lowest BCUT2D eigenvalue weighted by atomic mass is 9.92. The molecule has 0 radical (unpaired) electrons. The molecule has 0 aliphatic rings. The van der Waals surface area contributed by atoms with Crippen LogP contribution in [0, 0.1) is 11.3 Å². The van der Waals surface area contributed by atoms with Gasteiger partial charge in [-0.15, -0.1) is 0 Å². The van der Waals surface area contributed by atoms with Crippen molar-refractivity contribution in [3.63, 3.8) is 0 Å². The van der Waals surface area contributed by atoms with Crippen molar-refractivity contribution in [2.75, 3.05) is 19.8 Å². The molecule has 0 spiro atoms. The molecule has 0 bridgehead atoms. The smallest absolute Gasteiger partial charge is 0.155 e. The van der Waals surface area contributed by atoms with Crippen LogP contribution in [0.15, 0.2) is 30.3 Å². The number of benzene rings is 1. The average Bonchev–Trinajstić information content (AvgIpc) is 2.39. The normalized spacial score (nSPS) is 13.9. The van der Waals surface area contributed by atoms with Gasteiger partial charge in [-0.25, -0.2) is 0 Å². The van der Waals surface area contributed by atoms with E-state index < -0.39 is 5.54 Å². The van der Waals surface area contributed by atoms with Crippen LogP contribution in [-0.2, 0) is 10.3 Å². The molecule has 92 valence electrons. The molecule has 0 aliphatic carbocycles. The van der Waals surface area contributed by atoms with E-state index in [4.69, 9.17) is 4.74 Å². The molecule has 1 N–H and O–H groups in total. The highest BCUT2D eigenvalue weighted by Crippen LogP contribution is 2.20. The molecule has 1 rings (SSSR count). The lowest BCUT2D eigenvalue weighted by molar-refractivity contribution is 0.0897. The topological polar surface area (TPSA) is 45.0 Å². The van der Waals surface area contributed by atoms with Gasteiger partial charge in [0, 0.05) is 6.61 Å². The molecule has 3 heteroatoms. The predicted molar refractivity (Wildman–Crippen MR) is 68.5 cm³/mol. The third-order valence-corrected chi connectivity index (χ3v) is 2.60. The van der Waals surface area contributed by atoms with Crippen LogP contribution in [0.2, 0.25) is 0 Å². The van der Waals surface area contributed by atoms with Crippen molar-refractivity contribution in [1.29, 1.82) is 5.26 Å². The van der Waals surface area contributed by atoms with E-state index in [9.17, 15) is 5.26 Å². The Morgan fingerprint density at radius 1 is 1.29 bits per heavy atom. The van der Waals surface area contributed by atoms with Gasteiger partial charge < -0.3 is 4.74 Å². The molecule has 0 saturated heterocycles. The first-order chi connectivity index (χ1) is 8.29. The molecule has 1 aromatic carbocycles. The van der Waals surface area contributed by atoms with Gasteiger partial charge in [-0.05, 0) is 18.5 Å². The fourth-order valence-electron chi connectivity index (χ4n) is 1.77. The Balaban J connectivity index is 2.89. The van der Waals surface area contributed by atoms with Gasteiger partial charge in [0.05, 0.1) is 12.7 Å². The fraction of sp³-hybridized carbons (Fsp3) is 0.500. The molecule has 1 atom stereocenters. The Morgan fingerprint density at radius 3 is 2.53 bits per heavy atom. The molecule has 17 heavy (non-hydrogen) atoms. The van der Waals surface area contributed by atoms with Gasteiger partial charge in [-0.2, -0.15) is 5.26 Å². The summed E-state index contributed by atoms with van der Waals surface area (Å²) in [6.07, 6.45) is 0.961. The second kappa shape index (κ2) is 7.05. The van der Waals surface area contributed by atoms with Crippen LogP contribution in [0.3, 0.4) is 0 Å². The van der Waals surface area contributed by atoms with Gasteiger partial charge >= 0.3 is 0 Å². The van der Waals surface area contributed by atoms with Crippen molar-refractivity contribution >= 4 is 0 Å². The van der Waals surface area contributed by atoms with Crippen LogP contribution in [0.4, 0.5) is 0 Å². The highest BCUT2D eigenvalue weighted by Gasteiger charge is 2.31. The Labute approximate surface area is 103 Å². The summed E-state index contributed by atoms with van der Waals surface area (Å²) in [5.41, 5.74) is 0.228. The van der Waals surface area contributed by atoms with Gasteiger partial charge in [0.2, 0.25) is 0 Å². The summed E-state index contributed by atoms with van der Waals surface area (Å²) in [6.45, 7) is 5.85. The maximum atomic E-state index is 9.47. The number of ether oxygens (including phenoxy) is 1. The van der Waals surface area contributed by atoms with Crippen LogP contribution in [0.1, 0.15) is 25.8 Å². The molecule has 0 fully saturated rings. The molecule has 3 nitrogen and oxygen atoms in total. The molecule has 0 amide bonds. The zero-order valence-corrected chi connectivity index (χ0v) is 10.6. The van der Waals surface area contributed by atoms with Crippen LogP contribution in [0.25, 0.3) is 0 Å². The van der Waals surface area contributed by atoms with Crippen molar-refractivity contribution in [2.24, 2.45) is 0 Å². The van der Waals surface area contributed by atoms with Crippen LogP contribution < -0.4 is 5.32 Å². The summed E-state index contributed by atoms with van der Waals surface area (Å²) in [5.74, 6) is 0. The molecular formula is C14H20N2O. The standard InChI is InChI=1S/C14H20N2O/c1-3-10-17-12-14(11-15,16-4-2)13-8-6-5-7-9-13/h5-9,16H,3-4,10,12H2,1-2H3. The van der Waals surface area contributed by atoms with Gasteiger partial charge in [0.15, 0.2) is 5.54 Å². The second-order valence-electron chi connectivity index (χ2n) is 3.97. The number of rotatable bonds is 7. The van der Waals surface area contributed by atoms with E-state index in [1.807, 2.05) is 37.3 Å². The van der Waals surface area contributed by atoms with E-state index in [1.165, 1.54) is 0 Å². The highest BCUT2D eigenvalue weighted by molar-refractivity contribution is 5.31. The van der Waals surface area contributed by atoms with Crippen molar-refractivity contribution in [3.8, 4) is 6.07 Å². The molecule has 0 aromatic heterocycles. The first-order valence-corrected chi connectivity index (χ1v) is 6.08. The molecule has 1 unspecified atom stereocenters. The third kappa shape index (κ3) is 3.55. The quantitative estimate of drug-likeness (QED) is 0.734. The van der Waals surface area contributed by atoms with Gasteiger partial charge in [-0.3, -0.25) is 5.32 Å². The summed E-state index contributed by atoms with van der Waals surface area (Å²) in [6, 6.07) is 12.1. The first kappa shape index (κ1) is 13.7. The predicted octanol–water partition coefficient (Wildman–Crippen LogP) is 2.44. The minimum absolute atomic E-state index is 0.384. The number of likely N-dealkylation sites (N-methyl/N-ethyl adjacent to an activating group) is 1. The van der Waals surface area contributed by atoms with Crippen LogP contribution >= 0.6 is 0 Å². The van der Waals surface area contributed by atoms with Gasteiger partial charge in [-0.1, -0.05) is 44.2 Å². The molecular weight excluding hydrogens is 212 g/mol. The number of nitrogens with one attached hydrogen (secondary N) is 1. The van der Waals surface area contributed by atoms with E-state index in [-0.39, 0.29) is 0 Å². The molecule has 0 saturated carbocycles. The van der Waals surface area contributed by atoms with E-state index in [1.54, 1.807) is 0 Å². The number of nitrogens with zero attached hydrogens (tertiary/aromatic N) is 1. The van der Waals surface area contributed by atoms with E-state index in [0.717, 1.165) is 18.5 Å². The van der Waals surface area contributed by atoms with Crippen molar-refractivity contribution in [2.45, 2.75) is 25.8 Å². The van der Waals surface area contributed by atoms with Gasteiger partial charge in [0.25, 0.3) is 0 Å². The van der Waals surface area contributed by atoms with E-state index >= 15 is 0 Å². The number of hydrogen-bond donors (Lipinski definition) is 1. The van der Waals surface area contributed by atoms with Crippen LogP contribution in [-0.4, -0.2) is 19.8 Å². The second-order valence-corrected chi connectivity index (χ2v) is 3.97. The molecule has 0 aliphatic heterocycles. The summed E-state index contributed by atoms with van der Waals surface area (Å²) in [4.78, 5) is 0. The summed E-state index contributed by atoms with van der Waals surface area (Å²) < 4.78 is 5.56. The molecule has 1 aromatic rings. The minimum atomic E-state index is -0.731. The monoisotopic (exact) mass is 232 g/mol. The fourth-order valence-corrected chi connectivity index (χ4v) is 1.77. The average molecular weight is 232 g/mol. The number of hydrogen-bond acceptors (Lipinski definition) is 3. The minimum Gasteiger partial charge on any atom is -0.378 e. The Hall–Kier alpha value is -1.37. The van der Waals surface area contributed by atoms with Crippen molar-refractivity contribution < 1.29 is 4.74 Å². The number of nitriles is 1. The van der Waals surface area contributed by atoms with Crippen molar-refractivity contribution in [1.82, 2.24) is 5.32 Å². The van der Waals surface area contributed by atoms with E-state index in [0.29, 0.717) is 13.2 Å². The SMILES string of the molecule is CCCOCC(C#N)(NCC)c1ccccc1. The highest BCUT2D eigenvalue weighted by atomic mass is 16.5. The molecule has 0 heterocycles. The first-order valence-electron chi connectivity index (χ1n) is 6.08. The Bertz CT molecular complexity index is 358. The zero-order chi connectivity index (χ0) is 12.6. The summed E-state index contributed by atoms with van der Waals surface area (Å²) in [5, 5.41) is 12.7. The van der Waals surface area contributed by atoms with Crippen molar-refractivity contribution in [3.05, 3.63) is 35.9 Å². The Morgan fingerprint density at radius 2 is 2.00 bits per heavy atom. The van der Waals surface area contributed by atoms with Crippen LogP contribution in [0.5, 0.6) is 0 Å². The van der Waals surface area contributed by atoms with E-state index in [2.05, 4.69) is 18.3 Å². The lowest BCUT2D eigenvalue weighted by Crippen LogP contribution is -2.45. The van der Waals surface area contributed by atoms with Gasteiger partial charge in [0.1, 0.15) is 0 Å².